The van der Waals surface area contributed by atoms with Gasteiger partial charge in [-0.15, -0.1) is 0 Å². The van der Waals surface area contributed by atoms with E-state index in [1.165, 1.54) is 6.07 Å². The first-order valence-corrected chi connectivity index (χ1v) is 7.94. The number of hydrogen-bond acceptors (Lipinski definition) is 3. The molecule has 0 aliphatic carbocycles. The van der Waals surface area contributed by atoms with E-state index in [2.05, 4.69) is 0 Å². The third kappa shape index (κ3) is 3.08. The van der Waals surface area contributed by atoms with E-state index in [0.29, 0.717) is 18.7 Å². The fourth-order valence-corrected chi connectivity index (χ4v) is 2.96. The molecule has 3 rings (SSSR count). The van der Waals surface area contributed by atoms with Gasteiger partial charge in [0.25, 0.3) is 5.91 Å². The number of amides is 1. The van der Waals surface area contributed by atoms with Gasteiger partial charge < -0.3 is 14.7 Å². The van der Waals surface area contributed by atoms with Gasteiger partial charge in [-0.2, -0.15) is 0 Å². The van der Waals surface area contributed by atoms with Gasteiger partial charge in [0.15, 0.2) is 11.9 Å². The number of aromatic carboxylic acids is 1. The molecule has 1 heterocycles. The molecular weight excluding hydrogens is 330 g/mol. The Bertz CT molecular complexity index is 791. The maximum absolute atomic E-state index is 12.5. The third-order valence-corrected chi connectivity index (χ3v) is 4.15. The molecule has 0 saturated heterocycles. The van der Waals surface area contributed by atoms with Gasteiger partial charge in [0.05, 0.1) is 5.69 Å². The van der Waals surface area contributed by atoms with Gasteiger partial charge in [-0.3, -0.25) is 4.79 Å². The number of carboxylic acid groups (broad SMARTS) is 1. The zero-order valence-corrected chi connectivity index (χ0v) is 13.8. The standard InChI is InChI=1S/C18H16ClNO4/c1-11-17(21)20(8-7-12-5-3-2-4-6-12)15-10-13(19)9-14(18(22)23)16(15)24-11/h2-6,9-11H,7-8H2,1H3,(H,22,23). The minimum Gasteiger partial charge on any atom is -0.478 e. The number of nitrogens with zero attached hydrogens (tertiary/aromatic N) is 1. The lowest BCUT2D eigenvalue weighted by molar-refractivity contribution is -0.125. The predicted octanol–water partition coefficient (Wildman–Crippen LogP) is 3.39. The Morgan fingerprint density at radius 2 is 2.00 bits per heavy atom. The number of fused-ring (bicyclic) bond motifs is 1. The average Bonchev–Trinajstić information content (AvgIpc) is 2.56. The molecule has 1 amide bonds. The van der Waals surface area contributed by atoms with Crippen LogP contribution in [0.3, 0.4) is 0 Å². The molecule has 2 aromatic rings. The van der Waals surface area contributed by atoms with Crippen molar-refractivity contribution < 1.29 is 19.4 Å². The summed E-state index contributed by atoms with van der Waals surface area (Å²) in [7, 11) is 0. The molecular formula is C18H16ClNO4. The van der Waals surface area contributed by atoms with E-state index in [1.54, 1.807) is 17.9 Å². The van der Waals surface area contributed by atoms with E-state index in [9.17, 15) is 14.7 Å². The lowest BCUT2D eigenvalue weighted by atomic mass is 10.1. The van der Waals surface area contributed by atoms with E-state index >= 15 is 0 Å². The van der Waals surface area contributed by atoms with E-state index in [0.717, 1.165) is 5.56 Å². The summed E-state index contributed by atoms with van der Waals surface area (Å²) >= 11 is 6.04. The summed E-state index contributed by atoms with van der Waals surface area (Å²) in [6, 6.07) is 12.7. The monoisotopic (exact) mass is 345 g/mol. The Hall–Kier alpha value is -2.53. The number of carbonyl (C=O) groups excluding carboxylic acids is 1. The highest BCUT2D eigenvalue weighted by atomic mass is 35.5. The maximum Gasteiger partial charge on any atom is 0.339 e. The van der Waals surface area contributed by atoms with Crippen LogP contribution in [0.2, 0.25) is 5.02 Å². The van der Waals surface area contributed by atoms with Crippen molar-refractivity contribution >= 4 is 29.2 Å². The smallest absolute Gasteiger partial charge is 0.339 e. The number of benzene rings is 2. The Labute approximate surface area is 144 Å². The van der Waals surface area contributed by atoms with E-state index in [4.69, 9.17) is 16.3 Å². The number of anilines is 1. The van der Waals surface area contributed by atoms with Crippen molar-refractivity contribution in [2.75, 3.05) is 11.4 Å². The molecule has 5 nitrogen and oxygen atoms in total. The summed E-state index contributed by atoms with van der Waals surface area (Å²) in [6.07, 6.45) is -0.0965. The molecule has 1 N–H and O–H groups in total. The molecule has 0 spiro atoms. The SMILES string of the molecule is CC1Oc2c(C(=O)O)cc(Cl)cc2N(CCc2ccccc2)C1=O. The zero-order chi connectivity index (χ0) is 17.3. The molecule has 1 atom stereocenters. The number of ether oxygens (including phenoxy) is 1. The molecule has 1 aliphatic heterocycles. The Balaban J connectivity index is 1.98. The molecule has 124 valence electrons. The molecule has 0 bridgehead atoms. The van der Waals surface area contributed by atoms with Crippen LogP contribution < -0.4 is 9.64 Å². The van der Waals surface area contributed by atoms with Crippen LogP contribution in [-0.2, 0) is 11.2 Å². The third-order valence-electron chi connectivity index (χ3n) is 3.93. The molecule has 0 radical (unpaired) electrons. The van der Waals surface area contributed by atoms with Crippen LogP contribution >= 0.6 is 11.6 Å². The fourth-order valence-electron chi connectivity index (χ4n) is 2.74. The topological polar surface area (TPSA) is 66.8 Å². The van der Waals surface area contributed by atoms with Gasteiger partial charge in [0, 0.05) is 11.6 Å². The van der Waals surface area contributed by atoms with Gasteiger partial charge in [0.2, 0.25) is 0 Å². The van der Waals surface area contributed by atoms with E-state index in [-0.39, 0.29) is 22.2 Å². The van der Waals surface area contributed by atoms with Crippen LogP contribution in [-0.4, -0.2) is 29.6 Å². The molecule has 2 aromatic carbocycles. The second kappa shape index (κ2) is 6.53. The van der Waals surface area contributed by atoms with Crippen LogP contribution in [0.1, 0.15) is 22.8 Å². The number of rotatable bonds is 4. The van der Waals surface area contributed by atoms with Gasteiger partial charge in [-0.1, -0.05) is 41.9 Å². The lowest BCUT2D eigenvalue weighted by Crippen LogP contribution is -2.45. The predicted molar refractivity (Wildman–Crippen MR) is 91.0 cm³/mol. The van der Waals surface area contributed by atoms with Crippen molar-refractivity contribution in [1.82, 2.24) is 0 Å². The Kier molecular flexibility index (Phi) is 4.44. The summed E-state index contributed by atoms with van der Waals surface area (Å²) < 4.78 is 5.54. The average molecular weight is 346 g/mol. The highest BCUT2D eigenvalue weighted by Crippen LogP contribution is 2.39. The number of carboxylic acids is 1. The molecule has 6 heteroatoms. The highest BCUT2D eigenvalue weighted by Gasteiger charge is 2.34. The van der Waals surface area contributed by atoms with Gasteiger partial charge in [-0.25, -0.2) is 4.79 Å². The lowest BCUT2D eigenvalue weighted by Gasteiger charge is -2.34. The van der Waals surface area contributed by atoms with Gasteiger partial charge >= 0.3 is 5.97 Å². The van der Waals surface area contributed by atoms with Crippen molar-refractivity contribution in [1.29, 1.82) is 0 Å². The molecule has 1 unspecified atom stereocenters. The second-order valence-electron chi connectivity index (χ2n) is 5.59. The summed E-state index contributed by atoms with van der Waals surface area (Å²) in [6.45, 7) is 2.03. The molecule has 0 fully saturated rings. The number of hydrogen-bond donors (Lipinski definition) is 1. The summed E-state index contributed by atoms with van der Waals surface area (Å²) in [5, 5.41) is 9.62. The number of halogens is 1. The van der Waals surface area contributed by atoms with E-state index in [1.807, 2.05) is 30.3 Å². The van der Waals surface area contributed by atoms with Crippen LogP contribution in [0.4, 0.5) is 5.69 Å². The van der Waals surface area contributed by atoms with Crippen molar-refractivity contribution in [3.63, 3.8) is 0 Å². The summed E-state index contributed by atoms with van der Waals surface area (Å²) in [5.74, 6) is -1.16. The van der Waals surface area contributed by atoms with Crippen LogP contribution in [0, 0.1) is 0 Å². The van der Waals surface area contributed by atoms with Gasteiger partial charge in [-0.05, 0) is 31.0 Å². The molecule has 0 saturated carbocycles. The molecule has 1 aliphatic rings. The first-order chi connectivity index (χ1) is 11.5. The van der Waals surface area contributed by atoms with Crippen LogP contribution in [0.25, 0.3) is 0 Å². The molecule has 0 aromatic heterocycles. The Morgan fingerprint density at radius 3 is 2.67 bits per heavy atom. The first kappa shape index (κ1) is 16.3. The van der Waals surface area contributed by atoms with Gasteiger partial charge in [0.1, 0.15) is 5.56 Å². The van der Waals surface area contributed by atoms with E-state index < -0.39 is 12.1 Å². The van der Waals surface area contributed by atoms with Crippen molar-refractivity contribution in [2.45, 2.75) is 19.4 Å². The summed E-state index contributed by atoms with van der Waals surface area (Å²) in [5.41, 5.74) is 1.45. The minimum absolute atomic E-state index is 0.0402. The zero-order valence-electron chi connectivity index (χ0n) is 13.0. The minimum atomic E-state index is -1.14. The molecule has 24 heavy (non-hydrogen) atoms. The quantitative estimate of drug-likeness (QED) is 0.922. The normalized spacial score (nSPS) is 16.5. The van der Waals surface area contributed by atoms with Crippen molar-refractivity contribution in [3.05, 3.63) is 58.6 Å². The van der Waals surface area contributed by atoms with Crippen molar-refractivity contribution in [3.8, 4) is 5.75 Å². The van der Waals surface area contributed by atoms with Crippen LogP contribution in [0.5, 0.6) is 5.75 Å². The van der Waals surface area contributed by atoms with Crippen molar-refractivity contribution in [2.24, 2.45) is 0 Å². The Morgan fingerprint density at radius 1 is 1.29 bits per heavy atom. The second-order valence-corrected chi connectivity index (χ2v) is 6.03. The highest BCUT2D eigenvalue weighted by molar-refractivity contribution is 6.31. The summed E-state index contributed by atoms with van der Waals surface area (Å²) in [4.78, 5) is 25.5. The largest absolute Gasteiger partial charge is 0.478 e. The van der Waals surface area contributed by atoms with Crippen LogP contribution in [0.15, 0.2) is 42.5 Å². The first-order valence-electron chi connectivity index (χ1n) is 7.56. The maximum atomic E-state index is 12.5. The number of carbonyl (C=O) groups is 2. The fraction of sp³-hybridized carbons (Fsp3) is 0.222.